The number of aromatic nitrogens is 2. The van der Waals surface area contributed by atoms with Gasteiger partial charge in [0.1, 0.15) is 11.1 Å². The van der Waals surface area contributed by atoms with E-state index >= 15 is 0 Å². The van der Waals surface area contributed by atoms with Crippen LogP contribution in [0, 0.1) is 25.6 Å². The molecule has 3 aromatic rings. The van der Waals surface area contributed by atoms with Crippen molar-refractivity contribution < 1.29 is 14.6 Å². The SMILES string of the molecule is CC12CCC(C(=O)NNc3ccc([N+](=O)[O-])cc3[N+](=O)[O-])(c3nc4cc(Cl)c(Cl)cc4nc31)C2(C)C. The first kappa shape index (κ1) is 24.1. The summed E-state index contributed by atoms with van der Waals surface area (Å²) in [6, 6.07) is 6.39. The van der Waals surface area contributed by atoms with E-state index in [1.54, 1.807) is 12.1 Å². The number of anilines is 1. The topological polar surface area (TPSA) is 153 Å². The number of halogens is 2. The van der Waals surface area contributed by atoms with Gasteiger partial charge in [-0.2, -0.15) is 0 Å². The monoisotopic (exact) mass is 530 g/mol. The van der Waals surface area contributed by atoms with E-state index in [0.717, 1.165) is 12.1 Å². The lowest BCUT2D eigenvalue weighted by Crippen LogP contribution is -2.52. The van der Waals surface area contributed by atoms with Gasteiger partial charge in [0.15, 0.2) is 0 Å². The Hall–Kier alpha value is -3.57. The minimum absolute atomic E-state index is 0.0850. The Balaban J connectivity index is 1.57. The number of hydrogen-bond donors (Lipinski definition) is 2. The molecule has 2 aromatic carbocycles. The molecular weight excluding hydrogens is 511 g/mol. The summed E-state index contributed by atoms with van der Waals surface area (Å²) in [4.78, 5) is 44.6. The third-order valence-corrected chi connectivity index (χ3v) is 8.89. The molecule has 0 saturated heterocycles. The van der Waals surface area contributed by atoms with Gasteiger partial charge in [-0.15, -0.1) is 0 Å². The van der Waals surface area contributed by atoms with Crippen LogP contribution in [-0.4, -0.2) is 25.7 Å². The molecule has 2 bridgehead atoms. The lowest BCUT2D eigenvalue weighted by atomic mass is 9.63. The fourth-order valence-corrected chi connectivity index (χ4v) is 6.04. The molecule has 1 amide bonds. The van der Waals surface area contributed by atoms with E-state index in [-0.39, 0.29) is 5.69 Å². The van der Waals surface area contributed by atoms with E-state index in [1.165, 1.54) is 6.07 Å². The molecule has 1 aromatic heterocycles. The summed E-state index contributed by atoms with van der Waals surface area (Å²) < 4.78 is 0. The van der Waals surface area contributed by atoms with Crippen LogP contribution in [0.15, 0.2) is 30.3 Å². The Morgan fingerprint density at radius 1 is 0.944 bits per heavy atom. The summed E-state index contributed by atoms with van der Waals surface area (Å²) in [7, 11) is 0. The van der Waals surface area contributed by atoms with E-state index in [0.29, 0.717) is 45.3 Å². The number of carbonyl (C=O) groups excluding carboxylic acids is 1. The zero-order chi connectivity index (χ0) is 26.2. The molecule has 0 aliphatic heterocycles. The second-order valence-corrected chi connectivity index (χ2v) is 10.6. The average Bonchev–Trinajstić information content (AvgIpc) is 3.11. The molecule has 2 atom stereocenters. The summed E-state index contributed by atoms with van der Waals surface area (Å²) >= 11 is 12.4. The Kier molecular flexibility index (Phi) is 5.17. The molecule has 36 heavy (non-hydrogen) atoms. The maximum Gasteiger partial charge on any atom is 0.300 e. The molecule has 0 spiro atoms. The van der Waals surface area contributed by atoms with Gasteiger partial charge in [0, 0.05) is 11.5 Å². The van der Waals surface area contributed by atoms with Crippen LogP contribution in [0.4, 0.5) is 17.1 Å². The molecule has 2 N–H and O–H groups in total. The Morgan fingerprint density at radius 3 is 2.14 bits per heavy atom. The number of rotatable bonds is 5. The second kappa shape index (κ2) is 7.71. The van der Waals surface area contributed by atoms with Crippen LogP contribution in [0.5, 0.6) is 0 Å². The maximum atomic E-state index is 13.9. The van der Waals surface area contributed by atoms with E-state index in [2.05, 4.69) is 17.8 Å². The van der Waals surface area contributed by atoms with Crippen LogP contribution in [0.3, 0.4) is 0 Å². The number of carbonyl (C=O) groups is 1. The van der Waals surface area contributed by atoms with Crippen molar-refractivity contribution in [3.63, 3.8) is 0 Å². The van der Waals surface area contributed by atoms with Crippen LogP contribution in [0.25, 0.3) is 11.0 Å². The molecule has 5 rings (SSSR count). The van der Waals surface area contributed by atoms with Crippen molar-refractivity contribution in [1.82, 2.24) is 15.4 Å². The van der Waals surface area contributed by atoms with Crippen molar-refractivity contribution >= 4 is 57.2 Å². The highest BCUT2D eigenvalue weighted by molar-refractivity contribution is 6.42. The van der Waals surface area contributed by atoms with Gasteiger partial charge >= 0.3 is 5.69 Å². The molecule has 0 radical (unpaired) electrons. The lowest BCUT2D eigenvalue weighted by Gasteiger charge is -2.39. The van der Waals surface area contributed by atoms with Crippen molar-refractivity contribution in [1.29, 1.82) is 0 Å². The first-order valence-corrected chi connectivity index (χ1v) is 11.8. The number of amides is 1. The molecule has 1 fully saturated rings. The quantitative estimate of drug-likeness (QED) is 0.335. The van der Waals surface area contributed by atoms with E-state index in [4.69, 9.17) is 33.2 Å². The largest absolute Gasteiger partial charge is 0.300 e. The Bertz CT molecular complexity index is 1510. The normalized spacial score (nSPS) is 23.4. The van der Waals surface area contributed by atoms with Crippen molar-refractivity contribution in [2.45, 2.75) is 44.4 Å². The van der Waals surface area contributed by atoms with Crippen LogP contribution in [-0.2, 0) is 15.6 Å². The van der Waals surface area contributed by atoms with Crippen molar-refractivity contribution in [2.75, 3.05) is 5.43 Å². The van der Waals surface area contributed by atoms with Gasteiger partial charge in [-0.1, -0.05) is 44.0 Å². The van der Waals surface area contributed by atoms with E-state index in [1.807, 2.05) is 13.8 Å². The number of nitrogens with one attached hydrogen (secondary N) is 2. The third-order valence-electron chi connectivity index (χ3n) is 8.17. The highest BCUT2D eigenvalue weighted by Gasteiger charge is 2.73. The Morgan fingerprint density at radius 2 is 1.56 bits per heavy atom. The number of fused-ring (bicyclic) bond motifs is 6. The molecule has 2 aliphatic carbocycles. The smallest absolute Gasteiger partial charge is 0.292 e. The number of nitrogens with zero attached hydrogens (tertiary/aromatic N) is 4. The number of hydrogen-bond acceptors (Lipinski definition) is 8. The zero-order valence-corrected chi connectivity index (χ0v) is 20.9. The minimum atomic E-state index is -1.09. The number of nitro benzene ring substituents is 2. The van der Waals surface area contributed by atoms with Crippen LogP contribution < -0.4 is 10.9 Å². The summed E-state index contributed by atoms with van der Waals surface area (Å²) in [5, 5.41) is 23.2. The molecule has 1 heterocycles. The molecule has 2 aliphatic rings. The van der Waals surface area contributed by atoms with Gasteiger partial charge in [0.05, 0.1) is 48.4 Å². The van der Waals surface area contributed by atoms with Gasteiger partial charge in [0.2, 0.25) is 0 Å². The summed E-state index contributed by atoms with van der Waals surface area (Å²) in [6.45, 7) is 6.03. The highest BCUT2D eigenvalue weighted by Crippen LogP contribution is 2.70. The summed E-state index contributed by atoms with van der Waals surface area (Å²) in [5.41, 5.74) is 4.29. The Labute approximate surface area is 214 Å². The van der Waals surface area contributed by atoms with Gasteiger partial charge in [-0.25, -0.2) is 9.97 Å². The van der Waals surface area contributed by atoms with Crippen molar-refractivity contribution in [3.05, 3.63) is 72.0 Å². The van der Waals surface area contributed by atoms with E-state index in [9.17, 15) is 25.0 Å². The molecule has 186 valence electrons. The van der Waals surface area contributed by atoms with Gasteiger partial charge < -0.3 is 0 Å². The predicted octanol–water partition coefficient (Wildman–Crippen LogP) is 5.23. The second-order valence-electron chi connectivity index (χ2n) is 9.83. The predicted molar refractivity (Wildman–Crippen MR) is 133 cm³/mol. The third kappa shape index (κ3) is 3.02. The maximum absolute atomic E-state index is 13.9. The summed E-state index contributed by atoms with van der Waals surface area (Å²) in [5.74, 6) is -0.434. The number of non-ortho nitro benzene ring substituents is 1. The first-order chi connectivity index (χ1) is 16.8. The number of benzene rings is 2. The van der Waals surface area contributed by atoms with Crippen LogP contribution in [0.1, 0.15) is 45.0 Å². The molecule has 2 unspecified atom stereocenters. The van der Waals surface area contributed by atoms with Gasteiger partial charge in [-0.3, -0.25) is 35.9 Å². The fourth-order valence-electron chi connectivity index (χ4n) is 5.72. The summed E-state index contributed by atoms with van der Waals surface area (Å²) in [6.07, 6.45) is 1.17. The number of hydrazine groups is 1. The van der Waals surface area contributed by atoms with E-state index < -0.39 is 43.4 Å². The average molecular weight is 531 g/mol. The zero-order valence-electron chi connectivity index (χ0n) is 19.4. The van der Waals surface area contributed by atoms with Gasteiger partial charge in [0.25, 0.3) is 11.6 Å². The van der Waals surface area contributed by atoms with Crippen molar-refractivity contribution in [3.8, 4) is 0 Å². The fraction of sp³-hybridized carbons (Fsp3) is 0.348. The highest BCUT2D eigenvalue weighted by atomic mass is 35.5. The van der Waals surface area contributed by atoms with Crippen LogP contribution >= 0.6 is 23.2 Å². The molecule has 11 nitrogen and oxygen atoms in total. The standard InChI is InChI=1S/C23H20Cl2N6O5/c1-21(2)22(3)6-7-23(21,19-18(22)26-15-9-12(24)13(25)10-16(15)27-19)20(32)29-28-14-5-4-11(30(33)34)8-17(14)31(35)36/h4-5,8-10,28H,6-7H2,1-3H3,(H,29,32). The van der Waals surface area contributed by atoms with Crippen molar-refractivity contribution in [2.24, 2.45) is 5.41 Å². The molecular formula is C23H20Cl2N6O5. The number of nitro groups is 2. The minimum Gasteiger partial charge on any atom is -0.292 e. The molecule has 13 heteroatoms. The lowest BCUT2D eigenvalue weighted by molar-refractivity contribution is -0.393. The first-order valence-electron chi connectivity index (χ1n) is 11.0. The molecule has 1 saturated carbocycles. The van der Waals surface area contributed by atoms with Crippen LogP contribution in [0.2, 0.25) is 10.0 Å². The van der Waals surface area contributed by atoms with Gasteiger partial charge in [-0.05, 0) is 36.5 Å².